The number of halogens is 1. The van der Waals surface area contributed by atoms with Crippen LogP contribution in [0.2, 0.25) is 5.02 Å². The summed E-state index contributed by atoms with van der Waals surface area (Å²) in [4.78, 5) is 0. The van der Waals surface area contributed by atoms with Crippen molar-refractivity contribution in [1.82, 2.24) is 0 Å². The second kappa shape index (κ2) is 2.73. The summed E-state index contributed by atoms with van der Waals surface area (Å²) >= 11 is 6.10. The Hall–Kier alpha value is -0.530. The van der Waals surface area contributed by atoms with Crippen molar-refractivity contribution < 1.29 is 0 Å². The third-order valence-electron chi connectivity index (χ3n) is 3.15. The highest BCUT2D eigenvalue weighted by atomic mass is 35.5. The van der Waals surface area contributed by atoms with Crippen molar-refractivity contribution in [2.45, 2.75) is 25.8 Å². The first-order valence-corrected chi connectivity index (χ1v) is 4.93. The number of benzene rings is 1. The molecule has 1 saturated carbocycles. The molecule has 0 aliphatic heterocycles. The monoisotopic (exact) mass is 195 g/mol. The van der Waals surface area contributed by atoms with Crippen LogP contribution >= 0.6 is 11.6 Å². The van der Waals surface area contributed by atoms with Crippen LogP contribution in [0.3, 0.4) is 0 Å². The molecule has 0 saturated heterocycles. The van der Waals surface area contributed by atoms with E-state index in [0.29, 0.717) is 5.92 Å². The van der Waals surface area contributed by atoms with Gasteiger partial charge in [-0.05, 0) is 17.0 Å². The Morgan fingerprint density at radius 3 is 2.31 bits per heavy atom. The summed E-state index contributed by atoms with van der Waals surface area (Å²) in [6.45, 7) is 4.37. The van der Waals surface area contributed by atoms with Crippen LogP contribution in [0.25, 0.3) is 0 Å². The highest BCUT2D eigenvalue weighted by molar-refractivity contribution is 6.31. The molecule has 0 heterocycles. The minimum absolute atomic E-state index is 0.213. The minimum atomic E-state index is 0.213. The van der Waals surface area contributed by atoms with Crippen molar-refractivity contribution in [2.75, 3.05) is 0 Å². The van der Waals surface area contributed by atoms with Gasteiger partial charge in [-0.25, -0.2) is 0 Å². The number of rotatable bonds is 1. The van der Waals surface area contributed by atoms with E-state index in [9.17, 15) is 0 Å². The maximum Gasteiger partial charge on any atom is 0.0441 e. The topological polar surface area (TPSA) is 26.0 Å². The summed E-state index contributed by atoms with van der Waals surface area (Å²) in [6, 6.07) is 8.22. The average Bonchev–Trinajstić information content (AvgIpc) is 2.54. The lowest BCUT2D eigenvalue weighted by molar-refractivity contribution is 0.599. The van der Waals surface area contributed by atoms with Gasteiger partial charge in [0.15, 0.2) is 0 Å². The van der Waals surface area contributed by atoms with E-state index in [1.54, 1.807) is 0 Å². The molecule has 2 rings (SSSR count). The van der Waals surface area contributed by atoms with Crippen molar-refractivity contribution in [3.8, 4) is 0 Å². The summed E-state index contributed by atoms with van der Waals surface area (Å²) in [7, 11) is 0. The van der Waals surface area contributed by atoms with E-state index < -0.39 is 0 Å². The molecule has 1 aliphatic carbocycles. The molecule has 2 N–H and O–H groups in total. The molecular weight excluding hydrogens is 182 g/mol. The van der Waals surface area contributed by atoms with E-state index in [0.717, 1.165) is 5.02 Å². The second-order valence-corrected chi connectivity index (χ2v) is 4.75. The first-order chi connectivity index (χ1) is 6.05. The van der Waals surface area contributed by atoms with Crippen LogP contribution in [0.1, 0.15) is 25.3 Å². The number of hydrogen-bond acceptors (Lipinski definition) is 1. The highest BCUT2D eigenvalue weighted by Crippen LogP contribution is 2.58. The third-order valence-corrected chi connectivity index (χ3v) is 3.50. The molecule has 1 fully saturated rings. The van der Waals surface area contributed by atoms with E-state index in [-0.39, 0.29) is 11.5 Å². The van der Waals surface area contributed by atoms with Crippen molar-refractivity contribution in [3.05, 3.63) is 34.9 Å². The van der Waals surface area contributed by atoms with Crippen LogP contribution in [-0.4, -0.2) is 6.04 Å². The van der Waals surface area contributed by atoms with Gasteiger partial charge in [-0.1, -0.05) is 43.6 Å². The zero-order chi connectivity index (χ0) is 9.64. The molecule has 13 heavy (non-hydrogen) atoms. The van der Waals surface area contributed by atoms with Crippen molar-refractivity contribution in [3.63, 3.8) is 0 Å². The van der Waals surface area contributed by atoms with Gasteiger partial charge in [0.1, 0.15) is 0 Å². The first-order valence-electron chi connectivity index (χ1n) is 4.55. The molecule has 0 radical (unpaired) electrons. The summed E-state index contributed by atoms with van der Waals surface area (Å²) in [5.41, 5.74) is 7.40. The zero-order valence-corrected chi connectivity index (χ0v) is 8.68. The van der Waals surface area contributed by atoms with E-state index in [1.807, 2.05) is 18.2 Å². The molecule has 1 aromatic carbocycles. The Morgan fingerprint density at radius 1 is 1.31 bits per heavy atom. The summed E-state index contributed by atoms with van der Waals surface area (Å²) in [6.07, 6.45) is 0. The van der Waals surface area contributed by atoms with E-state index >= 15 is 0 Å². The quantitative estimate of drug-likeness (QED) is 0.733. The molecular formula is C11H14ClN. The van der Waals surface area contributed by atoms with Gasteiger partial charge in [-0.15, -0.1) is 0 Å². The van der Waals surface area contributed by atoms with Gasteiger partial charge in [0.2, 0.25) is 0 Å². The first kappa shape index (κ1) is 9.04. The van der Waals surface area contributed by atoms with Gasteiger partial charge in [0, 0.05) is 17.0 Å². The molecule has 0 unspecified atom stereocenters. The molecule has 2 heteroatoms. The predicted octanol–water partition coefficient (Wildman–Crippen LogP) is 2.79. The third kappa shape index (κ3) is 1.27. The summed E-state index contributed by atoms with van der Waals surface area (Å²) < 4.78 is 0. The van der Waals surface area contributed by atoms with E-state index in [2.05, 4.69) is 19.9 Å². The van der Waals surface area contributed by atoms with Crippen LogP contribution in [0.4, 0.5) is 0 Å². The molecule has 2 atom stereocenters. The fourth-order valence-electron chi connectivity index (χ4n) is 2.00. The summed E-state index contributed by atoms with van der Waals surface area (Å²) in [5, 5.41) is 0.841. The van der Waals surface area contributed by atoms with Gasteiger partial charge in [0.25, 0.3) is 0 Å². The van der Waals surface area contributed by atoms with Gasteiger partial charge >= 0.3 is 0 Å². The lowest BCUT2D eigenvalue weighted by Gasteiger charge is -2.04. The minimum Gasteiger partial charge on any atom is -0.327 e. The highest BCUT2D eigenvalue weighted by Gasteiger charge is 2.56. The molecule has 0 spiro atoms. The molecule has 1 aliphatic rings. The average molecular weight is 196 g/mol. The van der Waals surface area contributed by atoms with E-state index in [4.69, 9.17) is 17.3 Å². The smallest absolute Gasteiger partial charge is 0.0441 e. The van der Waals surface area contributed by atoms with Crippen LogP contribution in [0, 0.1) is 5.41 Å². The van der Waals surface area contributed by atoms with Gasteiger partial charge < -0.3 is 5.73 Å². The maximum atomic E-state index is 6.10. The van der Waals surface area contributed by atoms with E-state index in [1.165, 1.54) is 5.56 Å². The van der Waals surface area contributed by atoms with Gasteiger partial charge in [-0.3, -0.25) is 0 Å². The molecule has 0 aromatic heterocycles. The SMILES string of the molecule is CC1(C)[C@@H](N)[C@@H]1c1ccccc1Cl. The Bertz CT molecular complexity index is 333. The fraction of sp³-hybridized carbons (Fsp3) is 0.455. The predicted molar refractivity (Wildman–Crippen MR) is 55.9 cm³/mol. The van der Waals surface area contributed by atoms with Crippen LogP contribution in [0.5, 0.6) is 0 Å². The lowest BCUT2D eigenvalue weighted by Crippen LogP contribution is -2.06. The van der Waals surface area contributed by atoms with Gasteiger partial charge in [0.05, 0.1) is 0 Å². The fourth-order valence-corrected chi connectivity index (χ4v) is 2.25. The van der Waals surface area contributed by atoms with Gasteiger partial charge in [-0.2, -0.15) is 0 Å². The van der Waals surface area contributed by atoms with Crippen LogP contribution in [-0.2, 0) is 0 Å². The largest absolute Gasteiger partial charge is 0.327 e. The zero-order valence-electron chi connectivity index (χ0n) is 7.92. The van der Waals surface area contributed by atoms with Crippen molar-refractivity contribution in [2.24, 2.45) is 11.1 Å². The Morgan fingerprint density at radius 2 is 1.85 bits per heavy atom. The molecule has 0 amide bonds. The lowest BCUT2D eigenvalue weighted by atomic mass is 10.0. The van der Waals surface area contributed by atoms with Crippen LogP contribution < -0.4 is 5.73 Å². The molecule has 1 aromatic rings. The second-order valence-electron chi connectivity index (χ2n) is 4.35. The Labute approximate surface area is 83.9 Å². The normalized spacial score (nSPS) is 30.2. The maximum absolute atomic E-state index is 6.10. The molecule has 0 bridgehead atoms. The standard InChI is InChI=1S/C11H14ClN/c1-11(2)9(10(11)13)7-5-3-4-6-8(7)12/h3-6,9-10H,13H2,1-2H3/t9-,10-/m0/s1. The summed E-state index contributed by atoms with van der Waals surface area (Å²) in [5.74, 6) is 0.432. The molecule has 1 nitrogen and oxygen atoms in total. The Balaban J connectivity index is 2.34. The number of nitrogens with two attached hydrogens (primary N) is 1. The van der Waals surface area contributed by atoms with Crippen molar-refractivity contribution >= 4 is 11.6 Å². The van der Waals surface area contributed by atoms with Crippen molar-refractivity contribution in [1.29, 1.82) is 0 Å². The molecule has 70 valence electrons. The Kier molecular flexibility index (Phi) is 1.90. The number of hydrogen-bond donors (Lipinski definition) is 1. The van der Waals surface area contributed by atoms with Crippen LogP contribution in [0.15, 0.2) is 24.3 Å².